The molecule has 0 amide bonds. The molecule has 0 spiro atoms. The number of aryl methyl sites for hydroxylation is 2. The molecule has 0 radical (unpaired) electrons. The summed E-state index contributed by atoms with van der Waals surface area (Å²) < 4.78 is 7.79. The molecule has 30 heavy (non-hydrogen) atoms. The van der Waals surface area contributed by atoms with Crippen LogP contribution < -0.4 is 14.8 Å². The monoisotopic (exact) mass is 420 g/mol. The third kappa shape index (κ3) is 4.22. The van der Waals surface area contributed by atoms with Crippen LogP contribution >= 0.6 is 11.3 Å². The first-order chi connectivity index (χ1) is 14.2. The smallest absolute Gasteiger partial charge is 0.273 e. The molecule has 3 aromatic rings. The fraction of sp³-hybridized carbons (Fsp3) is 0.292. The molecule has 2 aromatic heterocycles. The maximum absolute atomic E-state index is 13.4. The highest BCUT2D eigenvalue weighted by Crippen LogP contribution is 2.20. The van der Waals surface area contributed by atoms with Crippen molar-refractivity contribution in [2.75, 3.05) is 0 Å². The van der Waals surface area contributed by atoms with E-state index in [1.807, 2.05) is 44.2 Å². The number of Topliss-reactive ketones (excluding diaryl/α,β-unsaturated/α-hetero) is 1. The number of furan rings is 1. The van der Waals surface area contributed by atoms with Gasteiger partial charge in [0.25, 0.3) is 5.56 Å². The normalized spacial score (nSPS) is 13.3. The Morgan fingerprint density at radius 2 is 2.00 bits per heavy atom. The Labute approximate surface area is 179 Å². The zero-order valence-electron chi connectivity index (χ0n) is 17.8. The summed E-state index contributed by atoms with van der Waals surface area (Å²) in [6, 6.07) is 13.2. The number of aromatic nitrogens is 1. The molecular weight excluding hydrogens is 396 g/mol. The van der Waals surface area contributed by atoms with Crippen molar-refractivity contribution in [2.24, 2.45) is 5.41 Å². The van der Waals surface area contributed by atoms with Crippen LogP contribution in [0.5, 0.6) is 0 Å². The number of hydrogen-bond donors (Lipinski definition) is 0. The zero-order chi connectivity index (χ0) is 22.1. The van der Waals surface area contributed by atoms with Crippen LogP contribution in [0.15, 0.2) is 45.6 Å². The highest BCUT2D eigenvalue weighted by molar-refractivity contribution is 7.07. The van der Waals surface area contributed by atoms with Crippen molar-refractivity contribution in [1.29, 1.82) is 5.26 Å². The van der Waals surface area contributed by atoms with Crippen LogP contribution in [0.4, 0.5) is 0 Å². The predicted molar refractivity (Wildman–Crippen MR) is 119 cm³/mol. The van der Waals surface area contributed by atoms with Crippen LogP contribution in [0.25, 0.3) is 17.3 Å². The Hall–Kier alpha value is -3.17. The second kappa shape index (κ2) is 8.29. The standard InChI is InChI=1S/C24H24N2O3S/c1-6-16-8-7-9-17(12-16)26-22(28)20(13-18-11-10-15(2)29-18)30-23(26)19(14-25)21(27)24(3,4)5/h7-13H,6H2,1-5H3/b20-13+,23-19-. The maximum Gasteiger partial charge on any atom is 0.273 e. The van der Waals surface area contributed by atoms with Gasteiger partial charge in [0.1, 0.15) is 27.8 Å². The molecule has 0 aliphatic rings. The van der Waals surface area contributed by atoms with Crippen LogP contribution in [-0.4, -0.2) is 10.4 Å². The highest BCUT2D eigenvalue weighted by Gasteiger charge is 2.27. The molecule has 0 unspecified atom stereocenters. The van der Waals surface area contributed by atoms with E-state index >= 15 is 0 Å². The zero-order valence-corrected chi connectivity index (χ0v) is 18.6. The van der Waals surface area contributed by atoms with Crippen molar-refractivity contribution in [2.45, 2.75) is 41.0 Å². The van der Waals surface area contributed by atoms with Crippen LogP contribution in [0.3, 0.4) is 0 Å². The van der Waals surface area contributed by atoms with Gasteiger partial charge in [0.15, 0.2) is 5.78 Å². The lowest BCUT2D eigenvalue weighted by Crippen LogP contribution is -2.33. The topological polar surface area (TPSA) is 76.0 Å². The molecule has 3 rings (SSSR count). The van der Waals surface area contributed by atoms with Crippen LogP contribution in [0.1, 0.15) is 44.8 Å². The van der Waals surface area contributed by atoms with Gasteiger partial charge in [0, 0.05) is 11.5 Å². The molecule has 0 saturated heterocycles. The van der Waals surface area contributed by atoms with Gasteiger partial charge in [-0.15, -0.1) is 11.3 Å². The lowest BCUT2D eigenvalue weighted by atomic mass is 9.87. The quantitative estimate of drug-likeness (QED) is 0.648. The van der Waals surface area contributed by atoms with E-state index in [2.05, 4.69) is 6.07 Å². The van der Waals surface area contributed by atoms with E-state index < -0.39 is 5.41 Å². The van der Waals surface area contributed by atoms with E-state index in [0.29, 0.717) is 20.6 Å². The molecule has 2 heterocycles. The lowest BCUT2D eigenvalue weighted by Gasteiger charge is -2.15. The van der Waals surface area contributed by atoms with E-state index in [4.69, 9.17) is 4.42 Å². The van der Waals surface area contributed by atoms with Crippen LogP contribution in [0.2, 0.25) is 0 Å². The summed E-state index contributed by atoms with van der Waals surface area (Å²) in [5.41, 5.74) is 0.650. The molecule has 0 bridgehead atoms. The number of ketones is 1. The third-order valence-electron chi connectivity index (χ3n) is 4.67. The second-order valence-electron chi connectivity index (χ2n) is 8.09. The first-order valence-electron chi connectivity index (χ1n) is 9.74. The molecule has 0 saturated carbocycles. The van der Waals surface area contributed by atoms with Gasteiger partial charge in [0.05, 0.1) is 10.2 Å². The maximum atomic E-state index is 13.4. The number of rotatable bonds is 4. The molecule has 5 nitrogen and oxygen atoms in total. The van der Waals surface area contributed by atoms with Crippen molar-refractivity contribution < 1.29 is 9.21 Å². The largest absolute Gasteiger partial charge is 0.462 e. The van der Waals surface area contributed by atoms with Crippen molar-refractivity contribution >= 4 is 28.8 Å². The van der Waals surface area contributed by atoms with Crippen molar-refractivity contribution in [3.05, 3.63) is 73.0 Å². The summed E-state index contributed by atoms with van der Waals surface area (Å²) >= 11 is 1.13. The van der Waals surface area contributed by atoms with E-state index in [0.717, 1.165) is 29.1 Å². The van der Waals surface area contributed by atoms with E-state index in [1.165, 1.54) is 4.57 Å². The van der Waals surface area contributed by atoms with Gasteiger partial charge >= 0.3 is 0 Å². The van der Waals surface area contributed by atoms with Crippen LogP contribution in [0, 0.1) is 23.7 Å². The molecule has 1 aromatic carbocycles. The Morgan fingerprint density at radius 3 is 2.57 bits per heavy atom. The summed E-state index contributed by atoms with van der Waals surface area (Å²) in [5.74, 6) is 0.987. The van der Waals surface area contributed by atoms with Gasteiger partial charge in [0.2, 0.25) is 0 Å². The number of nitriles is 1. The summed E-state index contributed by atoms with van der Waals surface area (Å²) in [4.78, 5) is 26.3. The Kier molecular flexibility index (Phi) is 5.95. The summed E-state index contributed by atoms with van der Waals surface area (Å²) in [7, 11) is 0. The number of carbonyl (C=O) groups is 1. The molecule has 0 fully saturated rings. The number of hydrogen-bond acceptors (Lipinski definition) is 5. The fourth-order valence-corrected chi connectivity index (χ4v) is 4.11. The molecule has 6 heteroatoms. The van der Waals surface area contributed by atoms with Crippen molar-refractivity contribution in [1.82, 2.24) is 4.57 Å². The fourth-order valence-electron chi connectivity index (χ4n) is 3.03. The number of benzene rings is 1. The lowest BCUT2D eigenvalue weighted by molar-refractivity contribution is -0.120. The number of thiazole rings is 1. The van der Waals surface area contributed by atoms with Gasteiger partial charge in [-0.3, -0.25) is 14.2 Å². The molecule has 0 N–H and O–H groups in total. The molecule has 0 aliphatic carbocycles. The molecular formula is C24H24N2O3S. The minimum atomic E-state index is -0.747. The molecule has 0 atom stereocenters. The molecule has 0 aliphatic heterocycles. The predicted octanol–water partition coefficient (Wildman–Crippen LogP) is 3.48. The number of carbonyl (C=O) groups excluding carboxylic acids is 1. The van der Waals surface area contributed by atoms with Gasteiger partial charge in [-0.25, -0.2) is 0 Å². The minimum absolute atomic E-state index is 0.0122. The van der Waals surface area contributed by atoms with E-state index in [-0.39, 0.29) is 16.9 Å². The van der Waals surface area contributed by atoms with E-state index in [1.54, 1.807) is 32.9 Å². The Bertz CT molecular complexity index is 1320. The third-order valence-corrected chi connectivity index (χ3v) is 5.76. The summed E-state index contributed by atoms with van der Waals surface area (Å²) in [5, 5.41) is 9.83. The van der Waals surface area contributed by atoms with Crippen molar-refractivity contribution in [3.63, 3.8) is 0 Å². The van der Waals surface area contributed by atoms with Gasteiger partial charge in [-0.2, -0.15) is 5.26 Å². The number of nitrogens with zero attached hydrogens (tertiary/aromatic N) is 2. The Morgan fingerprint density at radius 1 is 1.27 bits per heavy atom. The first kappa shape index (κ1) is 21.5. The Balaban J connectivity index is 2.44. The minimum Gasteiger partial charge on any atom is -0.462 e. The van der Waals surface area contributed by atoms with Gasteiger partial charge in [-0.05, 0) is 43.2 Å². The van der Waals surface area contributed by atoms with Gasteiger partial charge < -0.3 is 4.42 Å². The highest BCUT2D eigenvalue weighted by atomic mass is 32.1. The first-order valence-corrected chi connectivity index (χ1v) is 10.6. The van der Waals surface area contributed by atoms with E-state index in [9.17, 15) is 14.9 Å². The summed E-state index contributed by atoms with van der Waals surface area (Å²) in [6.07, 6.45) is 2.46. The summed E-state index contributed by atoms with van der Waals surface area (Å²) in [6.45, 7) is 9.15. The SMILES string of the molecule is CCc1cccc(-n2c(=O)/c(=C\c3ccc(C)o3)s/c2=C(/C#N)C(=O)C(C)(C)C)c1. The molecule has 154 valence electrons. The average molecular weight is 421 g/mol. The van der Waals surface area contributed by atoms with Crippen molar-refractivity contribution in [3.8, 4) is 11.8 Å². The second-order valence-corrected chi connectivity index (χ2v) is 9.12. The average Bonchev–Trinajstić information content (AvgIpc) is 3.25. The van der Waals surface area contributed by atoms with Gasteiger partial charge in [-0.1, -0.05) is 39.8 Å². The van der Waals surface area contributed by atoms with Crippen LogP contribution in [-0.2, 0) is 11.2 Å².